The van der Waals surface area contributed by atoms with Crippen LogP contribution >= 0.6 is 11.3 Å². The van der Waals surface area contributed by atoms with Crippen LogP contribution in [0.5, 0.6) is 0 Å². The molecule has 5 heteroatoms. The Hall–Kier alpha value is -2.14. The van der Waals surface area contributed by atoms with Crippen LogP contribution in [0, 0.1) is 0 Å². The average Bonchev–Trinajstić information content (AvgIpc) is 2.96. The van der Waals surface area contributed by atoms with E-state index >= 15 is 0 Å². The number of hydrogen-bond acceptors (Lipinski definition) is 5. The second-order valence-corrected chi connectivity index (χ2v) is 6.17. The van der Waals surface area contributed by atoms with E-state index in [9.17, 15) is 0 Å². The number of benzene rings is 1. The summed E-state index contributed by atoms with van der Waals surface area (Å²) < 4.78 is 0. The molecular weight excluding hydrogens is 280 g/mol. The van der Waals surface area contributed by atoms with Crippen LogP contribution in [0.25, 0.3) is 10.9 Å². The van der Waals surface area contributed by atoms with Gasteiger partial charge in [-0.2, -0.15) is 0 Å². The molecule has 21 heavy (non-hydrogen) atoms. The molecule has 3 N–H and O–H groups in total. The molecule has 0 aliphatic heterocycles. The maximum absolute atomic E-state index is 5.82. The van der Waals surface area contributed by atoms with E-state index in [0.29, 0.717) is 0 Å². The fourth-order valence-electron chi connectivity index (χ4n) is 2.27. The molecule has 3 aromatic rings. The highest BCUT2D eigenvalue weighted by molar-refractivity contribution is 7.11. The Morgan fingerprint density at radius 3 is 2.90 bits per heavy atom. The molecule has 0 spiro atoms. The van der Waals surface area contributed by atoms with Gasteiger partial charge in [0.1, 0.15) is 5.01 Å². The highest BCUT2D eigenvalue weighted by Gasteiger charge is 2.11. The first-order valence-corrected chi connectivity index (χ1v) is 7.84. The molecule has 4 nitrogen and oxygen atoms in total. The van der Waals surface area contributed by atoms with Crippen LogP contribution < -0.4 is 11.1 Å². The number of aryl methyl sites for hydroxylation is 1. The number of aromatic nitrogens is 2. The summed E-state index contributed by atoms with van der Waals surface area (Å²) >= 11 is 1.76. The standard InChI is InChI=1S/C16H18N4S/c1-3-12-9-19-16(21-12)10(2)20-14-6-7-18-15-8-11(17)4-5-13(14)15/h4-10H,3,17H2,1-2H3,(H,18,20). The van der Waals surface area contributed by atoms with Gasteiger partial charge in [-0.1, -0.05) is 6.92 Å². The topological polar surface area (TPSA) is 63.8 Å². The number of nitrogens with one attached hydrogen (secondary N) is 1. The third kappa shape index (κ3) is 2.83. The number of hydrogen-bond donors (Lipinski definition) is 2. The largest absolute Gasteiger partial charge is 0.399 e. The molecule has 1 aromatic carbocycles. The summed E-state index contributed by atoms with van der Waals surface area (Å²) in [4.78, 5) is 10.2. The summed E-state index contributed by atoms with van der Waals surface area (Å²) in [6.45, 7) is 4.28. The predicted molar refractivity (Wildman–Crippen MR) is 89.7 cm³/mol. The second-order valence-electron chi connectivity index (χ2n) is 5.02. The molecule has 1 unspecified atom stereocenters. The number of pyridine rings is 1. The van der Waals surface area contributed by atoms with E-state index in [4.69, 9.17) is 5.73 Å². The number of nitrogen functional groups attached to an aromatic ring is 1. The van der Waals surface area contributed by atoms with Crippen molar-refractivity contribution in [3.8, 4) is 0 Å². The second kappa shape index (κ2) is 5.69. The summed E-state index contributed by atoms with van der Waals surface area (Å²) in [5.74, 6) is 0. The molecule has 2 heterocycles. The van der Waals surface area contributed by atoms with E-state index in [2.05, 4.69) is 29.1 Å². The third-order valence-corrected chi connectivity index (χ3v) is 4.75. The molecule has 0 amide bonds. The molecule has 0 aliphatic carbocycles. The molecule has 0 bridgehead atoms. The summed E-state index contributed by atoms with van der Waals surface area (Å²) in [5.41, 5.74) is 8.50. The molecule has 3 rings (SSSR count). The summed E-state index contributed by atoms with van der Waals surface area (Å²) in [6.07, 6.45) is 4.79. The molecule has 0 saturated carbocycles. The zero-order chi connectivity index (χ0) is 14.8. The maximum atomic E-state index is 5.82. The van der Waals surface area contributed by atoms with Crippen LogP contribution in [0.2, 0.25) is 0 Å². The maximum Gasteiger partial charge on any atom is 0.115 e. The van der Waals surface area contributed by atoms with E-state index in [1.807, 2.05) is 30.5 Å². The molecule has 0 fully saturated rings. The van der Waals surface area contributed by atoms with E-state index in [0.717, 1.165) is 33.7 Å². The zero-order valence-corrected chi connectivity index (χ0v) is 12.9. The molecule has 0 aliphatic rings. The van der Waals surface area contributed by atoms with Crippen molar-refractivity contribution in [3.05, 3.63) is 46.5 Å². The lowest BCUT2D eigenvalue weighted by Gasteiger charge is -2.14. The van der Waals surface area contributed by atoms with Crippen molar-refractivity contribution in [1.82, 2.24) is 9.97 Å². The number of nitrogens with two attached hydrogens (primary N) is 1. The lowest BCUT2D eigenvalue weighted by Crippen LogP contribution is -2.06. The smallest absolute Gasteiger partial charge is 0.115 e. The van der Waals surface area contributed by atoms with Crippen molar-refractivity contribution >= 4 is 33.6 Å². The fraction of sp³-hybridized carbons (Fsp3) is 0.250. The van der Waals surface area contributed by atoms with E-state index in [-0.39, 0.29) is 6.04 Å². The first-order chi connectivity index (χ1) is 10.2. The number of thiazole rings is 1. The van der Waals surface area contributed by atoms with Crippen LogP contribution in [-0.4, -0.2) is 9.97 Å². The predicted octanol–water partition coefficient (Wildman–Crippen LogP) is 4.01. The van der Waals surface area contributed by atoms with Crippen LogP contribution in [0.1, 0.15) is 29.8 Å². The van der Waals surface area contributed by atoms with Crippen LogP contribution in [-0.2, 0) is 6.42 Å². The lowest BCUT2D eigenvalue weighted by atomic mass is 10.1. The molecule has 108 valence electrons. The van der Waals surface area contributed by atoms with Crippen LogP contribution in [0.15, 0.2) is 36.7 Å². The first kappa shape index (κ1) is 13.8. The van der Waals surface area contributed by atoms with Gasteiger partial charge in [0, 0.05) is 34.0 Å². The van der Waals surface area contributed by atoms with Crippen molar-refractivity contribution < 1.29 is 0 Å². The molecule has 1 atom stereocenters. The SMILES string of the molecule is CCc1cnc(C(C)Nc2ccnc3cc(N)ccc23)s1. The van der Waals surface area contributed by atoms with Gasteiger partial charge >= 0.3 is 0 Å². The van der Waals surface area contributed by atoms with Gasteiger partial charge in [0.25, 0.3) is 0 Å². The zero-order valence-electron chi connectivity index (χ0n) is 12.1. The van der Waals surface area contributed by atoms with Crippen molar-refractivity contribution in [2.45, 2.75) is 26.3 Å². The first-order valence-electron chi connectivity index (χ1n) is 7.02. The Labute approximate surface area is 128 Å². The fourth-order valence-corrected chi connectivity index (χ4v) is 3.13. The normalized spacial score (nSPS) is 12.5. The van der Waals surface area contributed by atoms with Gasteiger partial charge in [0.2, 0.25) is 0 Å². The molecule has 0 saturated heterocycles. The summed E-state index contributed by atoms with van der Waals surface area (Å²) in [5, 5.41) is 5.70. The van der Waals surface area contributed by atoms with Gasteiger partial charge in [0.05, 0.1) is 11.6 Å². The number of fused-ring (bicyclic) bond motifs is 1. The Bertz CT molecular complexity index is 766. The summed E-state index contributed by atoms with van der Waals surface area (Å²) in [7, 11) is 0. The Morgan fingerprint density at radius 1 is 1.29 bits per heavy atom. The van der Waals surface area contributed by atoms with Gasteiger partial charge < -0.3 is 11.1 Å². The van der Waals surface area contributed by atoms with Gasteiger partial charge in [-0.25, -0.2) is 4.98 Å². The minimum Gasteiger partial charge on any atom is -0.399 e. The molecule has 0 radical (unpaired) electrons. The Balaban J connectivity index is 1.90. The van der Waals surface area contributed by atoms with Gasteiger partial charge in [-0.15, -0.1) is 11.3 Å². The number of anilines is 2. The van der Waals surface area contributed by atoms with Gasteiger partial charge in [-0.05, 0) is 37.6 Å². The Kier molecular flexibility index (Phi) is 3.75. The molecule has 2 aromatic heterocycles. The summed E-state index contributed by atoms with van der Waals surface area (Å²) in [6, 6.07) is 7.95. The van der Waals surface area contributed by atoms with Crippen LogP contribution in [0.4, 0.5) is 11.4 Å². The Morgan fingerprint density at radius 2 is 2.14 bits per heavy atom. The van der Waals surface area contributed by atoms with E-state index < -0.39 is 0 Å². The van der Waals surface area contributed by atoms with E-state index in [1.165, 1.54) is 4.88 Å². The highest BCUT2D eigenvalue weighted by Crippen LogP contribution is 2.28. The van der Waals surface area contributed by atoms with E-state index in [1.54, 1.807) is 17.5 Å². The van der Waals surface area contributed by atoms with Crippen molar-refractivity contribution in [2.24, 2.45) is 0 Å². The minimum atomic E-state index is 0.165. The third-order valence-electron chi connectivity index (χ3n) is 3.43. The minimum absolute atomic E-state index is 0.165. The molecular formula is C16H18N4S. The highest BCUT2D eigenvalue weighted by atomic mass is 32.1. The quantitative estimate of drug-likeness (QED) is 0.714. The number of nitrogens with zero attached hydrogens (tertiary/aromatic N) is 2. The van der Waals surface area contributed by atoms with Crippen molar-refractivity contribution in [3.63, 3.8) is 0 Å². The van der Waals surface area contributed by atoms with Crippen LogP contribution in [0.3, 0.4) is 0 Å². The average molecular weight is 298 g/mol. The van der Waals surface area contributed by atoms with Gasteiger partial charge in [0.15, 0.2) is 0 Å². The lowest BCUT2D eigenvalue weighted by molar-refractivity contribution is 0.871. The van der Waals surface area contributed by atoms with Crippen molar-refractivity contribution in [2.75, 3.05) is 11.1 Å². The monoisotopic (exact) mass is 298 g/mol. The number of rotatable bonds is 4. The van der Waals surface area contributed by atoms with Gasteiger partial charge in [-0.3, -0.25) is 4.98 Å². The van der Waals surface area contributed by atoms with Crippen molar-refractivity contribution in [1.29, 1.82) is 0 Å².